The van der Waals surface area contributed by atoms with E-state index in [1.54, 1.807) is 18.6 Å². The molecule has 2 heterocycles. The highest BCUT2D eigenvalue weighted by Gasteiger charge is 2.01. The van der Waals surface area contributed by atoms with Crippen LogP contribution in [0.3, 0.4) is 0 Å². The lowest BCUT2D eigenvalue weighted by atomic mass is 10.3. The van der Waals surface area contributed by atoms with E-state index < -0.39 is 0 Å². The molecule has 2 rings (SSSR count). The van der Waals surface area contributed by atoms with Crippen LogP contribution in [-0.2, 0) is 6.54 Å². The van der Waals surface area contributed by atoms with Crippen LogP contribution < -0.4 is 10.6 Å². The predicted octanol–water partition coefficient (Wildman–Crippen LogP) is 2.42. The van der Waals surface area contributed by atoms with Crippen LogP contribution in [-0.4, -0.2) is 16.5 Å². The zero-order valence-corrected chi connectivity index (χ0v) is 10.0. The Morgan fingerprint density at radius 3 is 2.59 bits per heavy atom. The highest BCUT2D eigenvalue weighted by molar-refractivity contribution is 5.53. The molecular formula is C12H16N4O. The number of pyridine rings is 1. The first-order valence-corrected chi connectivity index (χ1v) is 5.62. The molecule has 0 fully saturated rings. The maximum absolute atomic E-state index is 5.37. The van der Waals surface area contributed by atoms with Gasteiger partial charge in [0.05, 0.1) is 36.5 Å². The van der Waals surface area contributed by atoms with Crippen LogP contribution in [0.25, 0.3) is 0 Å². The van der Waals surface area contributed by atoms with Gasteiger partial charge in [-0.05, 0) is 19.9 Å². The minimum absolute atomic E-state index is 0.561. The Kier molecular flexibility index (Phi) is 3.59. The maximum Gasteiger partial charge on any atom is 0.213 e. The molecule has 0 aliphatic rings. The Hall–Kier alpha value is -2.04. The van der Waals surface area contributed by atoms with Gasteiger partial charge >= 0.3 is 0 Å². The van der Waals surface area contributed by atoms with Crippen LogP contribution in [0.15, 0.2) is 29.1 Å². The van der Waals surface area contributed by atoms with E-state index in [-0.39, 0.29) is 0 Å². The number of oxazole rings is 1. The van der Waals surface area contributed by atoms with Crippen LogP contribution >= 0.6 is 0 Å². The van der Waals surface area contributed by atoms with Gasteiger partial charge in [0, 0.05) is 6.54 Å². The normalized spacial score (nSPS) is 10.2. The van der Waals surface area contributed by atoms with Crippen LogP contribution in [0.5, 0.6) is 0 Å². The molecule has 2 N–H and O–H groups in total. The fourth-order valence-electron chi connectivity index (χ4n) is 1.50. The van der Waals surface area contributed by atoms with Crippen molar-refractivity contribution in [2.75, 3.05) is 17.2 Å². The number of rotatable bonds is 5. The molecule has 0 aromatic carbocycles. The van der Waals surface area contributed by atoms with Gasteiger partial charge in [-0.15, -0.1) is 0 Å². The molecule has 0 bridgehead atoms. The van der Waals surface area contributed by atoms with Crippen LogP contribution in [0.1, 0.15) is 18.6 Å². The Morgan fingerprint density at radius 2 is 1.94 bits per heavy atom. The number of nitrogens with one attached hydrogen (secondary N) is 2. The lowest BCUT2D eigenvalue weighted by molar-refractivity contribution is 0.479. The van der Waals surface area contributed by atoms with Gasteiger partial charge in [-0.25, -0.2) is 4.98 Å². The largest absolute Gasteiger partial charge is 0.444 e. The molecule has 5 nitrogen and oxygen atoms in total. The Balaban J connectivity index is 1.96. The molecule has 2 aromatic heterocycles. The second kappa shape index (κ2) is 5.34. The second-order valence-corrected chi connectivity index (χ2v) is 3.71. The molecule has 17 heavy (non-hydrogen) atoms. The zero-order chi connectivity index (χ0) is 12.1. The van der Waals surface area contributed by atoms with E-state index in [1.165, 1.54) is 0 Å². The monoisotopic (exact) mass is 232 g/mol. The molecule has 5 heteroatoms. The minimum Gasteiger partial charge on any atom is -0.444 e. The van der Waals surface area contributed by atoms with Gasteiger partial charge < -0.3 is 15.1 Å². The van der Waals surface area contributed by atoms with Gasteiger partial charge in [-0.2, -0.15) is 0 Å². The molecule has 90 valence electrons. The van der Waals surface area contributed by atoms with Crippen molar-refractivity contribution < 1.29 is 4.42 Å². The molecule has 0 saturated heterocycles. The highest BCUT2D eigenvalue weighted by atomic mass is 16.4. The summed E-state index contributed by atoms with van der Waals surface area (Å²) in [7, 11) is 0. The van der Waals surface area contributed by atoms with Crippen molar-refractivity contribution in [3.05, 3.63) is 36.3 Å². The van der Waals surface area contributed by atoms with Crippen LogP contribution in [0.2, 0.25) is 0 Å². The van der Waals surface area contributed by atoms with Crippen molar-refractivity contribution in [2.45, 2.75) is 20.4 Å². The summed E-state index contributed by atoms with van der Waals surface area (Å²) < 4.78 is 5.37. The summed E-state index contributed by atoms with van der Waals surface area (Å²) in [6.45, 7) is 5.37. The molecule has 0 spiro atoms. The first-order chi connectivity index (χ1) is 8.28. The standard InChI is InChI=1S/C12H16N4O/c1-3-14-10-4-11(7-13-6-10)15-8-12-16-5-9(2)17-12/h4-7,14-15H,3,8H2,1-2H3. The summed E-state index contributed by atoms with van der Waals surface area (Å²) in [6, 6.07) is 2.01. The fourth-order valence-corrected chi connectivity index (χ4v) is 1.50. The van der Waals surface area contributed by atoms with Gasteiger partial charge in [-0.3, -0.25) is 4.98 Å². The first kappa shape index (κ1) is 11.4. The summed E-state index contributed by atoms with van der Waals surface area (Å²) in [5.74, 6) is 1.50. The number of aromatic nitrogens is 2. The Morgan fingerprint density at radius 1 is 1.18 bits per heavy atom. The first-order valence-electron chi connectivity index (χ1n) is 5.62. The lowest BCUT2D eigenvalue weighted by Crippen LogP contribution is -2.02. The summed E-state index contributed by atoms with van der Waals surface area (Å²) in [5, 5.41) is 6.42. The summed E-state index contributed by atoms with van der Waals surface area (Å²) in [5.41, 5.74) is 1.94. The molecule has 0 saturated carbocycles. The van der Waals surface area contributed by atoms with Gasteiger partial charge in [0.15, 0.2) is 0 Å². The fraction of sp³-hybridized carbons (Fsp3) is 0.333. The smallest absolute Gasteiger partial charge is 0.213 e. The second-order valence-electron chi connectivity index (χ2n) is 3.71. The van der Waals surface area contributed by atoms with Crippen molar-refractivity contribution in [1.29, 1.82) is 0 Å². The third-order valence-corrected chi connectivity index (χ3v) is 2.23. The molecule has 0 aliphatic heterocycles. The summed E-state index contributed by atoms with van der Waals surface area (Å²) in [4.78, 5) is 8.27. The number of hydrogen-bond acceptors (Lipinski definition) is 5. The molecule has 0 amide bonds. The van der Waals surface area contributed by atoms with Crippen molar-refractivity contribution in [2.24, 2.45) is 0 Å². The van der Waals surface area contributed by atoms with Crippen molar-refractivity contribution in [3.8, 4) is 0 Å². The molecule has 0 aliphatic carbocycles. The predicted molar refractivity (Wildman–Crippen MR) is 67.0 cm³/mol. The highest BCUT2D eigenvalue weighted by Crippen LogP contribution is 2.13. The van der Waals surface area contributed by atoms with E-state index in [0.29, 0.717) is 12.4 Å². The van der Waals surface area contributed by atoms with Gasteiger partial charge in [0.2, 0.25) is 5.89 Å². The van der Waals surface area contributed by atoms with Gasteiger partial charge in [0.1, 0.15) is 5.76 Å². The lowest BCUT2D eigenvalue weighted by Gasteiger charge is -2.06. The van der Waals surface area contributed by atoms with E-state index in [2.05, 4.69) is 27.5 Å². The Labute approximate surface area is 100 Å². The molecule has 0 unspecified atom stereocenters. The number of aryl methyl sites for hydroxylation is 1. The Bertz CT molecular complexity index is 481. The molecule has 0 atom stereocenters. The quantitative estimate of drug-likeness (QED) is 0.829. The van der Waals surface area contributed by atoms with Crippen molar-refractivity contribution in [3.63, 3.8) is 0 Å². The van der Waals surface area contributed by atoms with Gasteiger partial charge in [0.25, 0.3) is 0 Å². The molecule has 2 aromatic rings. The summed E-state index contributed by atoms with van der Waals surface area (Å²) in [6.07, 6.45) is 5.28. The number of nitrogens with zero attached hydrogens (tertiary/aromatic N) is 2. The van der Waals surface area contributed by atoms with E-state index >= 15 is 0 Å². The van der Waals surface area contributed by atoms with Gasteiger partial charge in [-0.1, -0.05) is 0 Å². The zero-order valence-electron chi connectivity index (χ0n) is 10.0. The maximum atomic E-state index is 5.37. The number of anilines is 2. The van der Waals surface area contributed by atoms with Crippen LogP contribution in [0, 0.1) is 6.92 Å². The molecular weight excluding hydrogens is 216 g/mol. The van der Waals surface area contributed by atoms with Crippen molar-refractivity contribution >= 4 is 11.4 Å². The molecule has 0 radical (unpaired) electrons. The third kappa shape index (κ3) is 3.21. The third-order valence-electron chi connectivity index (χ3n) is 2.23. The van der Waals surface area contributed by atoms with E-state index in [1.807, 2.05) is 13.0 Å². The average Bonchev–Trinajstić information content (AvgIpc) is 2.74. The van der Waals surface area contributed by atoms with E-state index in [4.69, 9.17) is 4.42 Å². The summed E-state index contributed by atoms with van der Waals surface area (Å²) >= 11 is 0. The van der Waals surface area contributed by atoms with Crippen molar-refractivity contribution in [1.82, 2.24) is 9.97 Å². The number of hydrogen-bond donors (Lipinski definition) is 2. The topological polar surface area (TPSA) is 63.0 Å². The SMILES string of the molecule is CCNc1cncc(NCc2ncc(C)o2)c1. The minimum atomic E-state index is 0.561. The average molecular weight is 232 g/mol. The van der Waals surface area contributed by atoms with E-state index in [0.717, 1.165) is 23.7 Å². The van der Waals surface area contributed by atoms with Crippen LogP contribution in [0.4, 0.5) is 11.4 Å². The van der Waals surface area contributed by atoms with E-state index in [9.17, 15) is 0 Å².